The maximum absolute atomic E-state index is 10.4. The third-order valence-corrected chi connectivity index (χ3v) is 1.80. The fraction of sp³-hybridized carbons (Fsp3) is 0.444. The summed E-state index contributed by atoms with van der Waals surface area (Å²) in [5.41, 5.74) is 10.5. The molecule has 17 heavy (non-hydrogen) atoms. The lowest BCUT2D eigenvalue weighted by molar-refractivity contribution is 0.178. The molecule has 8 nitrogen and oxygen atoms in total. The molecule has 0 aliphatic rings. The number of primary amides is 1. The SMILES string of the molecule is COCc1nc(N)cc(NCCNC(N)=O)n1. The smallest absolute Gasteiger partial charge is 0.312 e. The van der Waals surface area contributed by atoms with E-state index in [9.17, 15) is 4.79 Å². The van der Waals surface area contributed by atoms with Crippen LogP contribution < -0.4 is 22.1 Å². The molecule has 0 bridgehead atoms. The Labute approximate surface area is 98.7 Å². The molecule has 0 saturated carbocycles. The van der Waals surface area contributed by atoms with Gasteiger partial charge in [0, 0.05) is 26.3 Å². The predicted octanol–water partition coefficient (Wildman–Crippen LogP) is -0.715. The topological polar surface area (TPSA) is 128 Å². The van der Waals surface area contributed by atoms with Crippen molar-refractivity contribution in [2.75, 3.05) is 31.2 Å². The van der Waals surface area contributed by atoms with Crippen LogP contribution in [0, 0.1) is 0 Å². The Hall–Kier alpha value is -2.09. The molecule has 0 radical (unpaired) electrons. The van der Waals surface area contributed by atoms with E-state index in [2.05, 4.69) is 20.6 Å². The van der Waals surface area contributed by atoms with Gasteiger partial charge in [0.1, 0.15) is 18.2 Å². The fourth-order valence-corrected chi connectivity index (χ4v) is 1.18. The summed E-state index contributed by atoms with van der Waals surface area (Å²) in [6.45, 7) is 1.18. The van der Waals surface area contributed by atoms with Crippen LogP contribution >= 0.6 is 0 Å². The van der Waals surface area contributed by atoms with Gasteiger partial charge in [0.05, 0.1) is 0 Å². The van der Waals surface area contributed by atoms with Gasteiger partial charge in [-0.3, -0.25) is 0 Å². The van der Waals surface area contributed by atoms with E-state index in [-0.39, 0.29) is 0 Å². The summed E-state index contributed by atoms with van der Waals surface area (Å²) in [4.78, 5) is 18.6. The van der Waals surface area contributed by atoms with E-state index < -0.39 is 6.03 Å². The molecule has 0 saturated heterocycles. The Kier molecular flexibility index (Phi) is 4.95. The summed E-state index contributed by atoms with van der Waals surface area (Å²) >= 11 is 0. The number of rotatable bonds is 6. The molecule has 0 aliphatic carbocycles. The van der Waals surface area contributed by atoms with Gasteiger partial charge >= 0.3 is 6.03 Å². The lowest BCUT2D eigenvalue weighted by Crippen LogP contribution is -2.33. The summed E-state index contributed by atoms with van der Waals surface area (Å²) in [5, 5.41) is 5.43. The third kappa shape index (κ3) is 4.98. The predicted molar refractivity (Wildman–Crippen MR) is 63.2 cm³/mol. The van der Waals surface area contributed by atoms with Crippen molar-refractivity contribution < 1.29 is 9.53 Å². The second kappa shape index (κ2) is 6.48. The molecular weight excluding hydrogens is 224 g/mol. The molecule has 0 atom stereocenters. The highest BCUT2D eigenvalue weighted by atomic mass is 16.5. The first kappa shape index (κ1) is 13.0. The Morgan fingerprint density at radius 2 is 2.24 bits per heavy atom. The van der Waals surface area contributed by atoms with E-state index in [1.165, 1.54) is 0 Å². The number of methoxy groups -OCH3 is 1. The minimum absolute atomic E-state index is 0.291. The van der Waals surface area contributed by atoms with Gasteiger partial charge in [0.15, 0.2) is 5.82 Å². The van der Waals surface area contributed by atoms with E-state index in [4.69, 9.17) is 16.2 Å². The number of carbonyl (C=O) groups excluding carboxylic acids is 1. The van der Waals surface area contributed by atoms with E-state index in [0.717, 1.165) is 0 Å². The molecule has 6 N–H and O–H groups in total. The van der Waals surface area contributed by atoms with Crippen molar-refractivity contribution in [1.29, 1.82) is 0 Å². The number of carbonyl (C=O) groups is 1. The minimum atomic E-state index is -0.561. The number of aromatic nitrogens is 2. The normalized spacial score (nSPS) is 9.94. The van der Waals surface area contributed by atoms with E-state index in [0.29, 0.717) is 37.2 Å². The first-order valence-electron chi connectivity index (χ1n) is 5.01. The zero-order valence-corrected chi connectivity index (χ0v) is 9.56. The van der Waals surface area contributed by atoms with Crippen LogP contribution in [0.25, 0.3) is 0 Å². The molecular formula is C9H16N6O2. The number of nitrogen functional groups attached to an aromatic ring is 1. The number of amides is 2. The van der Waals surface area contributed by atoms with Crippen molar-refractivity contribution in [3.05, 3.63) is 11.9 Å². The average molecular weight is 240 g/mol. The summed E-state index contributed by atoms with van der Waals surface area (Å²) in [6, 6.07) is 1.04. The van der Waals surface area contributed by atoms with Crippen LogP contribution in [0.15, 0.2) is 6.07 Å². The minimum Gasteiger partial charge on any atom is -0.384 e. The second-order valence-corrected chi connectivity index (χ2v) is 3.25. The van der Waals surface area contributed by atoms with Crippen molar-refractivity contribution in [3.8, 4) is 0 Å². The van der Waals surface area contributed by atoms with Crippen LogP contribution in [0.1, 0.15) is 5.82 Å². The molecule has 0 aliphatic heterocycles. The molecule has 94 valence electrons. The van der Waals surface area contributed by atoms with Gasteiger partial charge in [-0.1, -0.05) is 0 Å². The third-order valence-electron chi connectivity index (χ3n) is 1.80. The van der Waals surface area contributed by atoms with E-state index in [1.54, 1.807) is 13.2 Å². The van der Waals surface area contributed by atoms with Crippen LogP contribution in [0.2, 0.25) is 0 Å². The van der Waals surface area contributed by atoms with Gasteiger partial charge in [0.2, 0.25) is 0 Å². The summed E-state index contributed by atoms with van der Waals surface area (Å²) in [7, 11) is 1.55. The highest BCUT2D eigenvalue weighted by Gasteiger charge is 2.02. The monoisotopic (exact) mass is 240 g/mol. The molecule has 0 aromatic carbocycles. The van der Waals surface area contributed by atoms with Crippen LogP contribution in [0.3, 0.4) is 0 Å². The zero-order chi connectivity index (χ0) is 12.7. The number of nitrogens with two attached hydrogens (primary N) is 2. The van der Waals surface area contributed by atoms with Crippen LogP contribution in [0.5, 0.6) is 0 Å². The number of anilines is 2. The maximum Gasteiger partial charge on any atom is 0.312 e. The Morgan fingerprint density at radius 3 is 2.88 bits per heavy atom. The molecule has 1 aromatic rings. The van der Waals surface area contributed by atoms with Gasteiger partial charge in [-0.2, -0.15) is 0 Å². The Balaban J connectivity index is 2.49. The lowest BCUT2D eigenvalue weighted by Gasteiger charge is -2.08. The largest absolute Gasteiger partial charge is 0.384 e. The highest BCUT2D eigenvalue weighted by molar-refractivity contribution is 5.71. The first-order valence-corrected chi connectivity index (χ1v) is 5.01. The molecule has 8 heteroatoms. The average Bonchev–Trinajstić information content (AvgIpc) is 2.24. The quantitative estimate of drug-likeness (QED) is 0.486. The molecule has 2 amide bonds. The van der Waals surface area contributed by atoms with Crippen LogP contribution in [0.4, 0.5) is 16.4 Å². The number of hydrogen-bond acceptors (Lipinski definition) is 6. The number of urea groups is 1. The molecule has 1 aromatic heterocycles. The maximum atomic E-state index is 10.4. The number of nitrogens with one attached hydrogen (secondary N) is 2. The standard InChI is InChI=1S/C9H16N6O2/c1-17-5-8-14-6(10)4-7(15-8)12-2-3-13-9(11)16/h4H,2-3,5H2,1H3,(H3,11,13,16)(H3,10,12,14,15). The summed E-state index contributed by atoms with van der Waals surface area (Å²) in [6.07, 6.45) is 0. The second-order valence-electron chi connectivity index (χ2n) is 3.25. The van der Waals surface area contributed by atoms with Gasteiger partial charge in [-0.25, -0.2) is 14.8 Å². The summed E-state index contributed by atoms with van der Waals surface area (Å²) in [5.74, 6) is 1.44. The summed E-state index contributed by atoms with van der Waals surface area (Å²) < 4.78 is 4.91. The van der Waals surface area contributed by atoms with Gasteiger partial charge in [-0.05, 0) is 0 Å². The number of hydrogen-bond donors (Lipinski definition) is 4. The van der Waals surface area contributed by atoms with Crippen molar-refractivity contribution in [2.24, 2.45) is 5.73 Å². The number of ether oxygens (including phenoxy) is 1. The molecule has 1 heterocycles. The highest BCUT2D eigenvalue weighted by Crippen LogP contribution is 2.08. The zero-order valence-electron chi connectivity index (χ0n) is 9.56. The van der Waals surface area contributed by atoms with E-state index in [1.807, 2.05) is 0 Å². The van der Waals surface area contributed by atoms with Crippen molar-refractivity contribution >= 4 is 17.7 Å². The first-order chi connectivity index (χ1) is 8.11. The Bertz CT molecular complexity index is 384. The van der Waals surface area contributed by atoms with Crippen LogP contribution in [-0.2, 0) is 11.3 Å². The molecule has 1 rings (SSSR count). The lowest BCUT2D eigenvalue weighted by atomic mass is 10.4. The van der Waals surface area contributed by atoms with Crippen molar-refractivity contribution in [1.82, 2.24) is 15.3 Å². The molecule has 0 unspecified atom stereocenters. The van der Waals surface area contributed by atoms with E-state index >= 15 is 0 Å². The number of nitrogens with zero attached hydrogens (tertiary/aromatic N) is 2. The van der Waals surface area contributed by atoms with Crippen molar-refractivity contribution in [3.63, 3.8) is 0 Å². The Morgan fingerprint density at radius 1 is 1.47 bits per heavy atom. The van der Waals surface area contributed by atoms with Gasteiger partial charge in [-0.15, -0.1) is 0 Å². The van der Waals surface area contributed by atoms with Gasteiger partial charge in [0.25, 0.3) is 0 Å². The van der Waals surface area contributed by atoms with Gasteiger partial charge < -0.3 is 26.8 Å². The van der Waals surface area contributed by atoms with Crippen LogP contribution in [-0.4, -0.2) is 36.2 Å². The van der Waals surface area contributed by atoms with Crippen molar-refractivity contribution in [2.45, 2.75) is 6.61 Å². The molecule has 0 fully saturated rings. The fourth-order valence-electron chi connectivity index (χ4n) is 1.18. The molecule has 0 spiro atoms.